The number of rotatable bonds is 4. The lowest BCUT2D eigenvalue weighted by Gasteiger charge is -2.07. The molecule has 1 aromatic heterocycles. The largest absolute Gasteiger partial charge is 0.481 e. The molecule has 1 saturated carbocycles. The molecule has 0 unspecified atom stereocenters. The van der Waals surface area contributed by atoms with Crippen LogP contribution in [0, 0.1) is 5.92 Å². The zero-order chi connectivity index (χ0) is 16.9. The zero-order valence-corrected chi connectivity index (χ0v) is 13.5. The van der Waals surface area contributed by atoms with Crippen molar-refractivity contribution < 1.29 is 18.3 Å². The van der Waals surface area contributed by atoms with Crippen LogP contribution < -0.4 is 0 Å². The molecule has 0 spiro atoms. The molecule has 2 atom stereocenters. The van der Waals surface area contributed by atoms with E-state index in [0.29, 0.717) is 11.9 Å². The average molecular weight is 341 g/mol. The number of benzene rings is 2. The van der Waals surface area contributed by atoms with Crippen LogP contribution in [0.1, 0.15) is 17.9 Å². The van der Waals surface area contributed by atoms with Gasteiger partial charge in [-0.1, -0.05) is 36.4 Å². The van der Waals surface area contributed by atoms with Crippen molar-refractivity contribution in [2.45, 2.75) is 17.2 Å². The van der Waals surface area contributed by atoms with Crippen LogP contribution in [0.4, 0.5) is 0 Å². The van der Waals surface area contributed by atoms with Crippen LogP contribution in [0.5, 0.6) is 0 Å². The number of carboxylic acids is 1. The first-order valence-corrected chi connectivity index (χ1v) is 9.07. The molecule has 0 saturated heterocycles. The summed E-state index contributed by atoms with van der Waals surface area (Å²) in [6.07, 6.45) is 2.13. The Morgan fingerprint density at radius 3 is 2.38 bits per heavy atom. The molecule has 3 aromatic rings. The zero-order valence-electron chi connectivity index (χ0n) is 12.7. The van der Waals surface area contributed by atoms with Gasteiger partial charge in [-0.15, -0.1) is 0 Å². The molecule has 0 radical (unpaired) electrons. The highest BCUT2D eigenvalue weighted by molar-refractivity contribution is 7.90. The maximum absolute atomic E-state index is 13.0. The molecule has 0 aliphatic heterocycles. The van der Waals surface area contributed by atoms with Crippen LogP contribution in [-0.4, -0.2) is 23.5 Å². The standard InChI is InChI=1S/C18H15NO4S/c20-18(21)15-10-14(15)16-11-19(17-9-5-4-8-13(16)17)24(22,23)12-6-2-1-3-7-12/h1-9,11,14-15H,10H2,(H,20,21)/t14-,15-/m1/s1. The van der Waals surface area contributed by atoms with Crippen molar-refractivity contribution >= 4 is 26.9 Å². The summed E-state index contributed by atoms with van der Waals surface area (Å²) >= 11 is 0. The number of nitrogens with zero attached hydrogens (tertiary/aromatic N) is 1. The van der Waals surface area contributed by atoms with Crippen LogP contribution in [-0.2, 0) is 14.8 Å². The third-order valence-corrected chi connectivity index (χ3v) is 6.20. The van der Waals surface area contributed by atoms with E-state index in [1.54, 1.807) is 48.7 Å². The first kappa shape index (κ1) is 15.0. The Labute approximate surface area is 139 Å². The number of carboxylic acid groups (broad SMARTS) is 1. The molecular weight excluding hydrogens is 326 g/mol. The molecule has 122 valence electrons. The number of hydrogen-bond donors (Lipinski definition) is 1. The van der Waals surface area contributed by atoms with Gasteiger partial charge in [0.2, 0.25) is 0 Å². The highest BCUT2D eigenvalue weighted by Crippen LogP contribution is 2.50. The molecule has 1 aliphatic rings. The van der Waals surface area contributed by atoms with Crippen molar-refractivity contribution in [2.75, 3.05) is 0 Å². The van der Waals surface area contributed by atoms with Gasteiger partial charge in [0.15, 0.2) is 0 Å². The van der Waals surface area contributed by atoms with Gasteiger partial charge >= 0.3 is 5.97 Å². The number of carbonyl (C=O) groups is 1. The van der Waals surface area contributed by atoms with Crippen molar-refractivity contribution in [1.82, 2.24) is 3.97 Å². The molecule has 1 N–H and O–H groups in total. The minimum atomic E-state index is -3.72. The molecule has 2 aromatic carbocycles. The highest BCUT2D eigenvalue weighted by atomic mass is 32.2. The Morgan fingerprint density at radius 2 is 1.71 bits per heavy atom. The summed E-state index contributed by atoms with van der Waals surface area (Å²) < 4.78 is 27.2. The van der Waals surface area contributed by atoms with E-state index >= 15 is 0 Å². The number of fused-ring (bicyclic) bond motifs is 1. The Balaban J connectivity index is 1.90. The molecule has 5 nitrogen and oxygen atoms in total. The summed E-state index contributed by atoms with van der Waals surface area (Å²) in [4.78, 5) is 11.4. The third kappa shape index (κ3) is 2.22. The molecule has 1 fully saturated rings. The average Bonchev–Trinajstić information content (AvgIpc) is 3.29. The van der Waals surface area contributed by atoms with E-state index in [4.69, 9.17) is 0 Å². The smallest absolute Gasteiger partial charge is 0.307 e. The van der Waals surface area contributed by atoms with Gasteiger partial charge in [-0.3, -0.25) is 4.79 Å². The Morgan fingerprint density at radius 1 is 1.04 bits per heavy atom. The van der Waals surface area contributed by atoms with E-state index in [9.17, 15) is 18.3 Å². The summed E-state index contributed by atoms with van der Waals surface area (Å²) in [5.74, 6) is -1.38. The van der Waals surface area contributed by atoms with Crippen molar-refractivity contribution in [3.8, 4) is 0 Å². The van der Waals surface area contributed by atoms with E-state index in [2.05, 4.69) is 0 Å². The molecule has 24 heavy (non-hydrogen) atoms. The van der Waals surface area contributed by atoms with Crippen LogP contribution in [0.15, 0.2) is 65.7 Å². The van der Waals surface area contributed by atoms with Gasteiger partial charge in [-0.05, 0) is 30.2 Å². The van der Waals surface area contributed by atoms with E-state index in [1.165, 1.54) is 3.97 Å². The predicted molar refractivity (Wildman–Crippen MR) is 89.4 cm³/mol. The quantitative estimate of drug-likeness (QED) is 0.791. The van der Waals surface area contributed by atoms with E-state index < -0.39 is 21.9 Å². The molecule has 1 heterocycles. The van der Waals surface area contributed by atoms with Gasteiger partial charge in [-0.2, -0.15) is 0 Å². The van der Waals surface area contributed by atoms with Crippen LogP contribution in [0.3, 0.4) is 0 Å². The number of hydrogen-bond acceptors (Lipinski definition) is 3. The van der Waals surface area contributed by atoms with Crippen molar-refractivity contribution in [2.24, 2.45) is 5.92 Å². The topological polar surface area (TPSA) is 76.4 Å². The van der Waals surface area contributed by atoms with E-state index in [0.717, 1.165) is 10.9 Å². The van der Waals surface area contributed by atoms with Crippen molar-refractivity contribution in [3.63, 3.8) is 0 Å². The predicted octanol–water partition coefficient (Wildman–Crippen LogP) is 3.07. The summed E-state index contributed by atoms with van der Waals surface area (Å²) in [7, 11) is -3.72. The molecule has 6 heteroatoms. The van der Waals surface area contributed by atoms with Gasteiger partial charge in [0.05, 0.1) is 16.3 Å². The van der Waals surface area contributed by atoms with Gasteiger partial charge in [0.1, 0.15) is 0 Å². The van der Waals surface area contributed by atoms with Crippen molar-refractivity contribution in [3.05, 3.63) is 66.4 Å². The first-order valence-electron chi connectivity index (χ1n) is 7.63. The SMILES string of the molecule is O=C(O)[C@@H]1C[C@H]1c1cn(S(=O)(=O)c2ccccc2)c2ccccc12. The van der Waals surface area contributed by atoms with E-state index in [1.807, 2.05) is 12.1 Å². The molecule has 0 bridgehead atoms. The molecule has 0 amide bonds. The lowest BCUT2D eigenvalue weighted by atomic mass is 10.1. The monoisotopic (exact) mass is 341 g/mol. The van der Waals surface area contributed by atoms with Crippen LogP contribution in [0.25, 0.3) is 10.9 Å². The summed E-state index contributed by atoms with van der Waals surface area (Å²) in [5.41, 5.74) is 1.37. The lowest BCUT2D eigenvalue weighted by Crippen LogP contribution is -2.11. The molecule has 4 rings (SSSR count). The minimum absolute atomic E-state index is 0.125. The Kier molecular flexibility index (Phi) is 3.25. The minimum Gasteiger partial charge on any atom is -0.481 e. The Hall–Kier alpha value is -2.60. The fourth-order valence-electron chi connectivity index (χ4n) is 3.19. The number of aliphatic carboxylic acids is 1. The van der Waals surface area contributed by atoms with E-state index in [-0.39, 0.29) is 10.8 Å². The second kappa shape index (κ2) is 5.21. The first-order chi connectivity index (χ1) is 11.5. The maximum atomic E-state index is 13.0. The number of para-hydroxylation sites is 1. The van der Waals surface area contributed by atoms with Gasteiger partial charge in [0, 0.05) is 17.5 Å². The normalized spacial score (nSPS) is 20.2. The Bertz CT molecular complexity index is 1040. The van der Waals surface area contributed by atoms with Crippen LogP contribution >= 0.6 is 0 Å². The van der Waals surface area contributed by atoms with Gasteiger partial charge in [0.25, 0.3) is 10.0 Å². The molecular formula is C18H15NO4S. The summed E-state index contributed by atoms with van der Waals surface area (Å²) in [6, 6.07) is 15.5. The maximum Gasteiger partial charge on any atom is 0.307 e. The third-order valence-electron chi connectivity index (χ3n) is 4.52. The highest BCUT2D eigenvalue weighted by Gasteiger charge is 2.45. The fraction of sp³-hybridized carbons (Fsp3) is 0.167. The fourth-order valence-corrected chi connectivity index (χ4v) is 4.59. The summed E-state index contributed by atoms with van der Waals surface area (Å²) in [5, 5.41) is 9.97. The van der Waals surface area contributed by atoms with Crippen LogP contribution in [0.2, 0.25) is 0 Å². The second-order valence-corrected chi connectivity index (χ2v) is 7.82. The summed E-state index contributed by atoms with van der Waals surface area (Å²) in [6.45, 7) is 0. The van der Waals surface area contributed by atoms with Crippen molar-refractivity contribution in [1.29, 1.82) is 0 Å². The lowest BCUT2D eigenvalue weighted by molar-refractivity contribution is -0.138. The number of aromatic nitrogens is 1. The van der Waals surface area contributed by atoms with Gasteiger partial charge < -0.3 is 5.11 Å². The second-order valence-electron chi connectivity index (χ2n) is 6.00. The van der Waals surface area contributed by atoms with Gasteiger partial charge in [-0.25, -0.2) is 12.4 Å². The molecule has 1 aliphatic carbocycles.